The van der Waals surface area contributed by atoms with E-state index in [1.807, 2.05) is 32.0 Å². The molecule has 1 N–H and O–H groups in total. The molecule has 2 unspecified atom stereocenters. The van der Waals surface area contributed by atoms with Crippen molar-refractivity contribution in [3.8, 4) is 5.75 Å². The number of aliphatic hydroxyl groups excluding tert-OH is 1. The van der Waals surface area contributed by atoms with Crippen LogP contribution < -0.4 is 4.74 Å². The van der Waals surface area contributed by atoms with Crippen molar-refractivity contribution in [3.63, 3.8) is 0 Å². The molecule has 0 saturated carbocycles. The van der Waals surface area contributed by atoms with Crippen LogP contribution in [0.15, 0.2) is 23.2 Å². The summed E-state index contributed by atoms with van der Waals surface area (Å²) in [5.41, 5.74) is 1.94. The quantitative estimate of drug-likeness (QED) is 0.887. The molecule has 0 saturated heterocycles. The third-order valence-corrected chi connectivity index (χ3v) is 3.27. The molecule has 0 aromatic heterocycles. The van der Waals surface area contributed by atoms with Gasteiger partial charge >= 0.3 is 0 Å². The van der Waals surface area contributed by atoms with Crippen molar-refractivity contribution < 1.29 is 14.6 Å². The number of nitrogens with zero attached hydrogens (tertiary/aromatic N) is 1. The van der Waals surface area contributed by atoms with Crippen LogP contribution in [-0.2, 0) is 4.74 Å². The van der Waals surface area contributed by atoms with E-state index in [0.717, 1.165) is 16.9 Å². The van der Waals surface area contributed by atoms with Gasteiger partial charge in [0, 0.05) is 11.1 Å². The van der Waals surface area contributed by atoms with Gasteiger partial charge in [0.05, 0.1) is 13.2 Å². The molecule has 18 heavy (non-hydrogen) atoms. The summed E-state index contributed by atoms with van der Waals surface area (Å²) < 4.78 is 10.9. The maximum absolute atomic E-state index is 9.78. The molecular formula is C14H19NO3. The van der Waals surface area contributed by atoms with Crippen molar-refractivity contribution in [1.29, 1.82) is 0 Å². The number of aliphatic imine (C=N–C) groups is 1. The molecule has 1 heterocycles. The van der Waals surface area contributed by atoms with Crippen LogP contribution in [0.4, 0.5) is 0 Å². The second kappa shape index (κ2) is 5.40. The molecule has 0 radical (unpaired) electrons. The van der Waals surface area contributed by atoms with Gasteiger partial charge in [-0.2, -0.15) is 0 Å². The van der Waals surface area contributed by atoms with Gasteiger partial charge in [-0.3, -0.25) is 0 Å². The summed E-state index contributed by atoms with van der Waals surface area (Å²) in [5, 5.41) is 9.78. The van der Waals surface area contributed by atoms with E-state index < -0.39 is 6.10 Å². The van der Waals surface area contributed by atoms with Gasteiger partial charge < -0.3 is 14.6 Å². The van der Waals surface area contributed by atoms with E-state index in [4.69, 9.17) is 9.47 Å². The zero-order valence-electron chi connectivity index (χ0n) is 11.0. The van der Waals surface area contributed by atoms with Crippen LogP contribution in [0.5, 0.6) is 5.75 Å². The third-order valence-electron chi connectivity index (χ3n) is 3.27. The Labute approximate surface area is 107 Å². The first kappa shape index (κ1) is 12.9. The molecule has 4 heteroatoms. The normalized spacial score (nSPS) is 20.2. The Morgan fingerprint density at radius 3 is 3.00 bits per heavy atom. The van der Waals surface area contributed by atoms with Crippen LogP contribution in [0, 0.1) is 6.92 Å². The Balaban J connectivity index is 2.28. The van der Waals surface area contributed by atoms with Gasteiger partial charge in [-0.15, -0.1) is 0 Å². The summed E-state index contributed by atoms with van der Waals surface area (Å²) in [6, 6.07) is 5.62. The van der Waals surface area contributed by atoms with Crippen LogP contribution in [0.2, 0.25) is 0 Å². The molecule has 0 fully saturated rings. The van der Waals surface area contributed by atoms with Gasteiger partial charge in [0.1, 0.15) is 18.4 Å². The minimum Gasteiger partial charge on any atom is -0.496 e. The molecule has 0 amide bonds. The van der Waals surface area contributed by atoms with Gasteiger partial charge in [-0.05, 0) is 25.5 Å². The maximum atomic E-state index is 9.78. The Hall–Kier alpha value is -1.55. The van der Waals surface area contributed by atoms with Gasteiger partial charge in [-0.1, -0.05) is 13.0 Å². The first-order valence-corrected chi connectivity index (χ1v) is 6.20. The van der Waals surface area contributed by atoms with Crippen molar-refractivity contribution in [3.05, 3.63) is 29.3 Å². The molecule has 4 nitrogen and oxygen atoms in total. The van der Waals surface area contributed by atoms with E-state index >= 15 is 0 Å². The number of rotatable bonds is 4. The molecule has 2 atom stereocenters. The predicted molar refractivity (Wildman–Crippen MR) is 70.3 cm³/mol. The van der Waals surface area contributed by atoms with Crippen LogP contribution in [-0.4, -0.2) is 36.9 Å². The van der Waals surface area contributed by atoms with Crippen molar-refractivity contribution in [2.45, 2.75) is 32.4 Å². The van der Waals surface area contributed by atoms with Crippen molar-refractivity contribution in [1.82, 2.24) is 0 Å². The Bertz CT molecular complexity index is 456. The summed E-state index contributed by atoms with van der Waals surface area (Å²) in [5.74, 6) is 1.42. The van der Waals surface area contributed by atoms with Crippen LogP contribution in [0.25, 0.3) is 0 Å². The molecule has 0 aliphatic carbocycles. The molecule has 0 spiro atoms. The van der Waals surface area contributed by atoms with Crippen molar-refractivity contribution in [2.24, 2.45) is 4.99 Å². The summed E-state index contributed by atoms with van der Waals surface area (Å²) in [6.07, 6.45) is 0.246. The lowest BCUT2D eigenvalue weighted by Crippen LogP contribution is -2.24. The van der Waals surface area contributed by atoms with E-state index in [2.05, 4.69) is 4.99 Å². The minimum atomic E-state index is -0.437. The monoisotopic (exact) mass is 249 g/mol. The lowest BCUT2D eigenvalue weighted by Gasteiger charge is -2.10. The Kier molecular flexibility index (Phi) is 3.87. The highest BCUT2D eigenvalue weighted by Gasteiger charge is 2.26. The number of hydrogen-bond acceptors (Lipinski definition) is 4. The highest BCUT2D eigenvalue weighted by molar-refractivity contribution is 5.97. The summed E-state index contributed by atoms with van der Waals surface area (Å²) in [6.45, 7) is 4.36. The largest absolute Gasteiger partial charge is 0.496 e. The number of methoxy groups -OCH3 is 1. The van der Waals surface area contributed by atoms with Crippen molar-refractivity contribution >= 4 is 5.90 Å². The first-order valence-electron chi connectivity index (χ1n) is 6.20. The van der Waals surface area contributed by atoms with Gasteiger partial charge in [0.15, 0.2) is 0 Å². The molecule has 98 valence electrons. The molecule has 1 aliphatic heterocycles. The van der Waals surface area contributed by atoms with Crippen LogP contribution in [0.3, 0.4) is 0 Å². The van der Waals surface area contributed by atoms with Gasteiger partial charge in [0.25, 0.3) is 0 Å². The average molecular weight is 249 g/mol. The number of benzene rings is 1. The van der Waals surface area contributed by atoms with Gasteiger partial charge in [-0.25, -0.2) is 4.99 Å². The summed E-state index contributed by atoms with van der Waals surface area (Å²) in [7, 11) is 1.65. The van der Waals surface area contributed by atoms with E-state index in [1.165, 1.54) is 0 Å². The molecule has 1 aromatic carbocycles. The zero-order valence-corrected chi connectivity index (χ0v) is 11.0. The fourth-order valence-corrected chi connectivity index (χ4v) is 2.07. The Morgan fingerprint density at radius 1 is 1.56 bits per heavy atom. The number of ether oxygens (including phenoxy) is 2. The van der Waals surface area contributed by atoms with E-state index in [1.54, 1.807) is 7.11 Å². The van der Waals surface area contributed by atoms with Crippen molar-refractivity contribution in [2.75, 3.05) is 13.7 Å². The number of aliphatic hydroxyl groups is 1. The van der Waals surface area contributed by atoms with Gasteiger partial charge in [0.2, 0.25) is 5.90 Å². The maximum Gasteiger partial charge on any atom is 0.217 e. The predicted octanol–water partition coefficient (Wildman–Crippen LogP) is 1.92. The Morgan fingerprint density at radius 2 is 2.33 bits per heavy atom. The SMILES string of the molecule is CCC(O)C1COC(c2cccc(OC)c2C)=N1. The molecule has 1 aromatic rings. The zero-order chi connectivity index (χ0) is 13.1. The first-order chi connectivity index (χ1) is 8.67. The van der Waals surface area contributed by atoms with Crippen LogP contribution >= 0.6 is 0 Å². The van der Waals surface area contributed by atoms with E-state index in [-0.39, 0.29) is 6.04 Å². The topological polar surface area (TPSA) is 51.0 Å². The smallest absolute Gasteiger partial charge is 0.217 e. The molecule has 0 bridgehead atoms. The average Bonchev–Trinajstić information content (AvgIpc) is 2.87. The van der Waals surface area contributed by atoms with Crippen LogP contribution in [0.1, 0.15) is 24.5 Å². The molecule has 1 aliphatic rings. The molecular weight excluding hydrogens is 230 g/mol. The lowest BCUT2D eigenvalue weighted by atomic mass is 10.1. The standard InChI is InChI=1S/C14H19NO3/c1-4-12(16)11-8-18-14(15-11)10-6-5-7-13(17-3)9(10)2/h5-7,11-12,16H,4,8H2,1-3H3. The third kappa shape index (κ3) is 2.34. The highest BCUT2D eigenvalue weighted by atomic mass is 16.5. The van der Waals surface area contributed by atoms with E-state index in [0.29, 0.717) is 18.9 Å². The molecule has 2 rings (SSSR count). The minimum absolute atomic E-state index is 0.157. The summed E-state index contributed by atoms with van der Waals surface area (Å²) in [4.78, 5) is 4.45. The van der Waals surface area contributed by atoms with E-state index in [9.17, 15) is 5.11 Å². The second-order valence-corrected chi connectivity index (χ2v) is 4.42. The fraction of sp³-hybridized carbons (Fsp3) is 0.500. The fourth-order valence-electron chi connectivity index (χ4n) is 2.07. The lowest BCUT2D eigenvalue weighted by molar-refractivity contribution is 0.125. The number of hydrogen-bond donors (Lipinski definition) is 1. The highest BCUT2D eigenvalue weighted by Crippen LogP contribution is 2.24. The second-order valence-electron chi connectivity index (χ2n) is 4.42. The summed E-state index contributed by atoms with van der Waals surface area (Å²) >= 11 is 0.